The molecule has 0 radical (unpaired) electrons. The van der Waals surface area contributed by atoms with Crippen molar-refractivity contribution in [3.05, 3.63) is 65.2 Å². The van der Waals surface area contributed by atoms with Gasteiger partial charge in [0.15, 0.2) is 0 Å². The molecule has 3 rings (SSSR count). The molecule has 1 fully saturated rings. The Morgan fingerprint density at radius 2 is 1.88 bits per heavy atom. The molecule has 0 aromatic heterocycles. The topological polar surface area (TPSA) is 66.5 Å². The quantitative estimate of drug-likeness (QED) is 0.889. The van der Waals surface area contributed by atoms with Crippen LogP contribution in [-0.2, 0) is 10.0 Å². The maximum atomic E-state index is 12.6. The van der Waals surface area contributed by atoms with E-state index in [-0.39, 0.29) is 16.8 Å². The predicted molar refractivity (Wildman–Crippen MR) is 97.1 cm³/mol. The molecule has 1 saturated heterocycles. The van der Waals surface area contributed by atoms with Crippen molar-refractivity contribution >= 4 is 27.5 Å². The average Bonchev–Trinajstić information content (AvgIpc) is 2.62. The molecule has 7 heteroatoms. The van der Waals surface area contributed by atoms with Gasteiger partial charge in [0.25, 0.3) is 5.91 Å². The first-order chi connectivity index (χ1) is 12.0. The van der Waals surface area contributed by atoms with E-state index >= 15 is 0 Å². The standard InChI is InChI=1S/C18H19ClN2O3S/c19-15-8-4-10-17(12-15)25(23,24)20-16-9-5-11-21(13-16)18(22)14-6-2-1-3-7-14/h1-4,6-8,10,12,16,20H,5,9,11,13H2. The second-order valence-electron chi connectivity index (χ2n) is 6.04. The van der Waals surface area contributed by atoms with Gasteiger partial charge in [-0.25, -0.2) is 13.1 Å². The lowest BCUT2D eigenvalue weighted by atomic mass is 10.1. The van der Waals surface area contributed by atoms with E-state index in [0.29, 0.717) is 30.1 Å². The van der Waals surface area contributed by atoms with E-state index in [9.17, 15) is 13.2 Å². The highest BCUT2D eigenvalue weighted by molar-refractivity contribution is 7.89. The van der Waals surface area contributed by atoms with Gasteiger partial charge in [-0.15, -0.1) is 0 Å². The number of nitrogens with zero attached hydrogens (tertiary/aromatic N) is 1. The number of rotatable bonds is 4. The van der Waals surface area contributed by atoms with Crippen molar-refractivity contribution in [3.63, 3.8) is 0 Å². The van der Waals surface area contributed by atoms with Gasteiger partial charge in [0.2, 0.25) is 10.0 Å². The van der Waals surface area contributed by atoms with Gasteiger partial charge < -0.3 is 4.90 Å². The summed E-state index contributed by atoms with van der Waals surface area (Å²) in [5, 5.41) is 0.368. The highest BCUT2D eigenvalue weighted by atomic mass is 35.5. The van der Waals surface area contributed by atoms with Crippen molar-refractivity contribution in [2.24, 2.45) is 0 Å². The van der Waals surface area contributed by atoms with Crippen LogP contribution >= 0.6 is 11.6 Å². The molecular weight excluding hydrogens is 360 g/mol. The van der Waals surface area contributed by atoms with E-state index in [4.69, 9.17) is 11.6 Å². The lowest BCUT2D eigenvalue weighted by molar-refractivity contribution is 0.0703. The number of likely N-dealkylation sites (tertiary alicyclic amines) is 1. The van der Waals surface area contributed by atoms with Crippen molar-refractivity contribution < 1.29 is 13.2 Å². The number of hydrogen-bond donors (Lipinski definition) is 1. The molecule has 2 aromatic carbocycles. The molecule has 0 aliphatic carbocycles. The molecule has 1 atom stereocenters. The summed E-state index contributed by atoms with van der Waals surface area (Å²) >= 11 is 5.88. The summed E-state index contributed by atoms with van der Waals surface area (Å²) in [6, 6.07) is 14.9. The van der Waals surface area contributed by atoms with Crippen LogP contribution in [0.4, 0.5) is 0 Å². The summed E-state index contributed by atoms with van der Waals surface area (Å²) < 4.78 is 27.7. The molecule has 5 nitrogen and oxygen atoms in total. The third kappa shape index (κ3) is 4.39. The third-order valence-corrected chi connectivity index (χ3v) is 5.91. The largest absolute Gasteiger partial charge is 0.337 e. The Labute approximate surface area is 152 Å². The molecule has 1 N–H and O–H groups in total. The molecule has 1 unspecified atom stereocenters. The summed E-state index contributed by atoms with van der Waals surface area (Å²) in [5.74, 6) is -0.0766. The number of hydrogen-bond acceptors (Lipinski definition) is 3. The lowest BCUT2D eigenvalue weighted by Crippen LogP contribution is -2.49. The fourth-order valence-electron chi connectivity index (χ4n) is 2.94. The van der Waals surface area contributed by atoms with Crippen molar-refractivity contribution in [2.75, 3.05) is 13.1 Å². The molecule has 1 aliphatic heterocycles. The first-order valence-electron chi connectivity index (χ1n) is 8.08. The van der Waals surface area contributed by atoms with E-state index in [0.717, 1.165) is 6.42 Å². The predicted octanol–water partition coefficient (Wildman–Crippen LogP) is 2.92. The smallest absolute Gasteiger partial charge is 0.253 e. The van der Waals surface area contributed by atoms with Gasteiger partial charge in [-0.3, -0.25) is 4.79 Å². The number of carbonyl (C=O) groups excluding carboxylic acids is 1. The average molecular weight is 379 g/mol. The van der Waals surface area contributed by atoms with Gasteiger partial charge in [-0.05, 0) is 43.2 Å². The van der Waals surface area contributed by atoms with Crippen molar-refractivity contribution in [1.29, 1.82) is 0 Å². The minimum atomic E-state index is -3.67. The van der Waals surface area contributed by atoms with Crippen molar-refractivity contribution in [2.45, 2.75) is 23.8 Å². The molecule has 1 heterocycles. The Balaban J connectivity index is 1.70. The summed E-state index contributed by atoms with van der Waals surface area (Å²) in [4.78, 5) is 14.4. The number of benzene rings is 2. The molecule has 1 aliphatic rings. The fourth-order valence-corrected chi connectivity index (χ4v) is 4.50. The zero-order chi connectivity index (χ0) is 17.9. The maximum absolute atomic E-state index is 12.6. The van der Waals surface area contributed by atoms with E-state index < -0.39 is 10.0 Å². The molecule has 0 saturated carbocycles. The molecule has 0 bridgehead atoms. The van der Waals surface area contributed by atoms with Crippen LogP contribution in [0.25, 0.3) is 0 Å². The van der Waals surface area contributed by atoms with Gasteiger partial charge in [-0.1, -0.05) is 35.9 Å². The van der Waals surface area contributed by atoms with Crippen molar-refractivity contribution in [1.82, 2.24) is 9.62 Å². The van der Waals surface area contributed by atoms with E-state index in [1.54, 1.807) is 29.2 Å². The van der Waals surface area contributed by atoms with Gasteiger partial charge in [0.1, 0.15) is 0 Å². The minimum absolute atomic E-state index is 0.0766. The Kier molecular flexibility index (Phi) is 5.42. The van der Waals surface area contributed by atoms with Gasteiger partial charge in [0, 0.05) is 29.7 Å². The molecule has 132 valence electrons. The number of nitrogens with one attached hydrogen (secondary N) is 1. The van der Waals surface area contributed by atoms with Crippen LogP contribution in [0, 0.1) is 0 Å². The van der Waals surface area contributed by atoms with Crippen LogP contribution in [-0.4, -0.2) is 38.4 Å². The summed E-state index contributed by atoms with van der Waals surface area (Å²) in [7, 11) is -3.67. The van der Waals surface area contributed by atoms with Crippen LogP contribution in [0.3, 0.4) is 0 Å². The lowest BCUT2D eigenvalue weighted by Gasteiger charge is -2.33. The van der Waals surface area contributed by atoms with Gasteiger partial charge in [0.05, 0.1) is 4.90 Å². The van der Waals surface area contributed by atoms with Crippen molar-refractivity contribution in [3.8, 4) is 0 Å². The van der Waals surface area contributed by atoms with Crippen LogP contribution in [0.1, 0.15) is 23.2 Å². The van der Waals surface area contributed by atoms with E-state index in [1.807, 2.05) is 18.2 Å². The Bertz CT molecular complexity index is 856. The number of piperidine rings is 1. The molecule has 2 aromatic rings. The number of sulfonamides is 1. The molecule has 1 amide bonds. The van der Waals surface area contributed by atoms with Gasteiger partial charge >= 0.3 is 0 Å². The molecular formula is C18H19ClN2O3S. The second kappa shape index (κ2) is 7.56. The first kappa shape index (κ1) is 17.9. The minimum Gasteiger partial charge on any atom is -0.337 e. The normalized spacial score (nSPS) is 18.1. The van der Waals surface area contributed by atoms with E-state index in [1.165, 1.54) is 12.1 Å². The second-order valence-corrected chi connectivity index (χ2v) is 8.19. The first-order valence-corrected chi connectivity index (χ1v) is 9.94. The Morgan fingerprint density at radius 3 is 2.60 bits per heavy atom. The zero-order valence-electron chi connectivity index (χ0n) is 13.6. The number of amides is 1. The zero-order valence-corrected chi connectivity index (χ0v) is 15.1. The number of carbonyl (C=O) groups is 1. The van der Waals surface area contributed by atoms with E-state index in [2.05, 4.69) is 4.72 Å². The van der Waals surface area contributed by atoms with Crippen LogP contribution in [0.15, 0.2) is 59.5 Å². The fraction of sp³-hybridized carbons (Fsp3) is 0.278. The van der Waals surface area contributed by atoms with Crippen LogP contribution in [0.2, 0.25) is 5.02 Å². The highest BCUT2D eigenvalue weighted by Gasteiger charge is 2.28. The maximum Gasteiger partial charge on any atom is 0.253 e. The summed E-state index contributed by atoms with van der Waals surface area (Å²) in [6.07, 6.45) is 1.44. The summed E-state index contributed by atoms with van der Waals surface area (Å²) in [6.45, 7) is 0.983. The number of halogens is 1. The monoisotopic (exact) mass is 378 g/mol. The van der Waals surface area contributed by atoms with Gasteiger partial charge in [-0.2, -0.15) is 0 Å². The van der Waals surface area contributed by atoms with Crippen LogP contribution < -0.4 is 4.72 Å². The van der Waals surface area contributed by atoms with Crippen LogP contribution in [0.5, 0.6) is 0 Å². The Hall–Kier alpha value is -1.89. The highest BCUT2D eigenvalue weighted by Crippen LogP contribution is 2.19. The molecule has 25 heavy (non-hydrogen) atoms. The Morgan fingerprint density at radius 1 is 1.12 bits per heavy atom. The summed E-state index contributed by atoms with van der Waals surface area (Å²) in [5.41, 5.74) is 0.612. The SMILES string of the molecule is O=C(c1ccccc1)N1CCCC(NS(=O)(=O)c2cccc(Cl)c2)C1. The molecule has 0 spiro atoms. The third-order valence-electron chi connectivity index (χ3n) is 4.16.